The highest BCUT2D eigenvalue weighted by molar-refractivity contribution is 6.30. The summed E-state index contributed by atoms with van der Waals surface area (Å²) in [5.74, 6) is -0.254. The molecule has 3 unspecified atom stereocenters. The van der Waals surface area contributed by atoms with Crippen molar-refractivity contribution in [3.63, 3.8) is 0 Å². The highest BCUT2D eigenvalue weighted by atomic mass is 35.5. The maximum Gasteiger partial charge on any atom is 0.237 e. The van der Waals surface area contributed by atoms with Crippen LogP contribution >= 0.6 is 11.6 Å². The molecule has 17 heavy (non-hydrogen) atoms. The van der Waals surface area contributed by atoms with Gasteiger partial charge in [0.05, 0.1) is 11.7 Å². The van der Waals surface area contributed by atoms with Gasteiger partial charge < -0.3 is 15.2 Å². The molecule has 1 amide bonds. The van der Waals surface area contributed by atoms with Crippen LogP contribution in [0.15, 0.2) is 0 Å². The fraction of sp³-hybridized carbons (Fsp3) is 0.917. The number of halogens is 1. The molecule has 1 rings (SSSR count). The zero-order chi connectivity index (χ0) is 13.3. The van der Waals surface area contributed by atoms with Crippen LogP contribution in [0.1, 0.15) is 34.1 Å². The summed E-state index contributed by atoms with van der Waals surface area (Å²) in [5, 5.41) is 12.5. The van der Waals surface area contributed by atoms with E-state index in [1.807, 2.05) is 20.8 Å². The SMILES string of the molecule is CCOC1CC(O)(CNC(=O)C(C)Cl)C1(C)C. The molecule has 0 spiro atoms. The molecule has 0 radical (unpaired) electrons. The Morgan fingerprint density at radius 2 is 2.24 bits per heavy atom. The Kier molecular flexibility index (Phi) is 4.44. The molecule has 0 aliphatic heterocycles. The Morgan fingerprint density at radius 1 is 1.65 bits per heavy atom. The second-order valence-electron chi connectivity index (χ2n) is 5.24. The quantitative estimate of drug-likeness (QED) is 0.735. The number of ether oxygens (including phenoxy) is 1. The van der Waals surface area contributed by atoms with E-state index in [0.29, 0.717) is 13.0 Å². The lowest BCUT2D eigenvalue weighted by Crippen LogP contribution is -2.68. The highest BCUT2D eigenvalue weighted by Gasteiger charge is 2.59. The first kappa shape index (κ1) is 14.7. The van der Waals surface area contributed by atoms with Crippen molar-refractivity contribution in [2.24, 2.45) is 5.41 Å². The Hall–Kier alpha value is -0.320. The summed E-state index contributed by atoms with van der Waals surface area (Å²) >= 11 is 5.65. The van der Waals surface area contributed by atoms with E-state index in [2.05, 4.69) is 5.32 Å². The Bertz CT molecular complexity index is 293. The number of hydrogen-bond acceptors (Lipinski definition) is 3. The normalized spacial score (nSPS) is 32.7. The van der Waals surface area contributed by atoms with E-state index in [1.54, 1.807) is 6.92 Å². The van der Waals surface area contributed by atoms with Gasteiger partial charge in [-0.15, -0.1) is 11.6 Å². The third-order valence-electron chi connectivity index (χ3n) is 3.81. The number of carbonyl (C=O) groups is 1. The average molecular weight is 264 g/mol. The monoisotopic (exact) mass is 263 g/mol. The van der Waals surface area contributed by atoms with Crippen molar-refractivity contribution in [3.8, 4) is 0 Å². The Labute approximate surface area is 108 Å². The molecule has 0 aromatic heterocycles. The average Bonchev–Trinajstić information content (AvgIpc) is 2.25. The van der Waals surface area contributed by atoms with Crippen LogP contribution in [0.3, 0.4) is 0 Å². The number of carbonyl (C=O) groups excluding carboxylic acids is 1. The van der Waals surface area contributed by atoms with E-state index in [0.717, 1.165) is 0 Å². The number of nitrogens with one attached hydrogen (secondary N) is 1. The van der Waals surface area contributed by atoms with Crippen LogP contribution in [0.5, 0.6) is 0 Å². The fourth-order valence-electron chi connectivity index (χ4n) is 2.14. The number of aliphatic hydroxyl groups is 1. The van der Waals surface area contributed by atoms with Crippen molar-refractivity contribution >= 4 is 17.5 Å². The first-order valence-corrected chi connectivity index (χ1v) is 6.44. The Morgan fingerprint density at radius 3 is 2.65 bits per heavy atom. The summed E-state index contributed by atoms with van der Waals surface area (Å²) in [4.78, 5) is 11.4. The van der Waals surface area contributed by atoms with Gasteiger partial charge >= 0.3 is 0 Å². The molecular formula is C12H22ClNO3. The van der Waals surface area contributed by atoms with E-state index in [9.17, 15) is 9.90 Å². The molecule has 5 heteroatoms. The minimum absolute atomic E-state index is 0.0443. The lowest BCUT2D eigenvalue weighted by atomic mass is 9.56. The lowest BCUT2D eigenvalue weighted by molar-refractivity contribution is -0.238. The molecule has 0 saturated heterocycles. The van der Waals surface area contributed by atoms with Crippen LogP contribution in [-0.2, 0) is 9.53 Å². The smallest absolute Gasteiger partial charge is 0.237 e. The predicted octanol–water partition coefficient (Wildman–Crippen LogP) is 1.30. The molecule has 100 valence electrons. The molecule has 0 bridgehead atoms. The van der Waals surface area contributed by atoms with Gasteiger partial charge in [0.2, 0.25) is 5.91 Å². The zero-order valence-electron chi connectivity index (χ0n) is 10.9. The van der Waals surface area contributed by atoms with Gasteiger partial charge in [-0.3, -0.25) is 4.79 Å². The third kappa shape index (κ3) is 2.75. The summed E-state index contributed by atoms with van der Waals surface area (Å²) in [6.07, 6.45) is 0.591. The second-order valence-corrected chi connectivity index (χ2v) is 5.89. The van der Waals surface area contributed by atoms with Crippen molar-refractivity contribution in [1.82, 2.24) is 5.32 Å². The first-order valence-electron chi connectivity index (χ1n) is 6.00. The minimum Gasteiger partial charge on any atom is -0.387 e. The van der Waals surface area contributed by atoms with Crippen molar-refractivity contribution in [1.29, 1.82) is 0 Å². The van der Waals surface area contributed by atoms with Crippen LogP contribution in [0.25, 0.3) is 0 Å². The van der Waals surface area contributed by atoms with Gasteiger partial charge in [-0.2, -0.15) is 0 Å². The fourth-order valence-corrected chi connectivity index (χ4v) is 2.21. The van der Waals surface area contributed by atoms with Gasteiger partial charge in [0.1, 0.15) is 5.38 Å². The summed E-state index contributed by atoms with van der Waals surface area (Å²) in [6, 6.07) is 0. The topological polar surface area (TPSA) is 58.6 Å². The molecule has 0 aromatic carbocycles. The van der Waals surface area contributed by atoms with Crippen LogP contribution in [0.2, 0.25) is 0 Å². The van der Waals surface area contributed by atoms with Gasteiger partial charge in [-0.1, -0.05) is 13.8 Å². The molecule has 1 fully saturated rings. The number of rotatable bonds is 5. The molecule has 1 aliphatic rings. The molecule has 0 heterocycles. The summed E-state index contributed by atoms with van der Waals surface area (Å²) in [5.41, 5.74) is -1.26. The number of hydrogen-bond donors (Lipinski definition) is 2. The van der Waals surface area contributed by atoms with E-state index in [1.165, 1.54) is 0 Å². The van der Waals surface area contributed by atoms with Gasteiger partial charge in [-0.05, 0) is 13.8 Å². The second kappa shape index (κ2) is 5.12. The lowest BCUT2D eigenvalue weighted by Gasteiger charge is -2.58. The zero-order valence-corrected chi connectivity index (χ0v) is 11.7. The molecule has 2 N–H and O–H groups in total. The number of alkyl halides is 1. The van der Waals surface area contributed by atoms with Crippen molar-refractivity contribution in [2.75, 3.05) is 13.2 Å². The largest absolute Gasteiger partial charge is 0.387 e. The minimum atomic E-state index is -0.908. The van der Waals surface area contributed by atoms with Gasteiger partial charge in [-0.25, -0.2) is 0 Å². The van der Waals surface area contributed by atoms with Gasteiger partial charge in [0.15, 0.2) is 0 Å². The summed E-state index contributed by atoms with van der Waals surface area (Å²) in [7, 11) is 0. The van der Waals surface area contributed by atoms with Crippen molar-refractivity contribution in [2.45, 2.75) is 51.2 Å². The standard InChI is InChI=1S/C12H22ClNO3/c1-5-17-9-6-12(16,11(9,3)4)7-14-10(15)8(2)13/h8-9,16H,5-7H2,1-4H3,(H,14,15). The summed E-state index contributed by atoms with van der Waals surface area (Å²) in [6.45, 7) is 8.30. The summed E-state index contributed by atoms with van der Waals surface area (Å²) < 4.78 is 5.54. The van der Waals surface area contributed by atoms with E-state index < -0.39 is 11.0 Å². The molecule has 4 nitrogen and oxygen atoms in total. The van der Waals surface area contributed by atoms with E-state index >= 15 is 0 Å². The van der Waals surface area contributed by atoms with Gasteiger partial charge in [0, 0.05) is 25.0 Å². The molecule has 0 aromatic rings. The van der Waals surface area contributed by atoms with Crippen molar-refractivity contribution in [3.05, 3.63) is 0 Å². The first-order chi connectivity index (χ1) is 7.74. The molecule has 1 aliphatic carbocycles. The molecule has 1 saturated carbocycles. The maximum atomic E-state index is 11.4. The van der Waals surface area contributed by atoms with Crippen LogP contribution < -0.4 is 5.32 Å². The Balaban J connectivity index is 2.52. The third-order valence-corrected chi connectivity index (χ3v) is 4.01. The highest BCUT2D eigenvalue weighted by Crippen LogP contribution is 2.50. The van der Waals surface area contributed by atoms with Crippen LogP contribution in [0.4, 0.5) is 0 Å². The van der Waals surface area contributed by atoms with Gasteiger partial charge in [0.25, 0.3) is 0 Å². The van der Waals surface area contributed by atoms with Crippen molar-refractivity contribution < 1.29 is 14.6 Å². The van der Waals surface area contributed by atoms with E-state index in [4.69, 9.17) is 16.3 Å². The van der Waals surface area contributed by atoms with E-state index in [-0.39, 0.29) is 24.0 Å². The maximum absolute atomic E-state index is 11.4. The molecule has 3 atom stereocenters. The van der Waals surface area contributed by atoms with Crippen LogP contribution in [-0.4, -0.2) is 41.2 Å². The van der Waals surface area contributed by atoms with Crippen LogP contribution in [0, 0.1) is 5.41 Å². The molecular weight excluding hydrogens is 242 g/mol. The number of amides is 1. The predicted molar refractivity (Wildman–Crippen MR) is 67.1 cm³/mol.